The molecular weight excluding hydrogens is 546 g/mol. The summed E-state index contributed by atoms with van der Waals surface area (Å²) in [6.45, 7) is 9.88. The van der Waals surface area contributed by atoms with Crippen molar-refractivity contribution in [2.75, 3.05) is 6.54 Å². The standard InChI is InChI=1S/C30H32ClN5OS2/c1-19-9-11-20(12-10-19)36-26(22-7-5-6-8-23(22)31)33-34-28(36)39-16-25-32-24(15-38-25)27(37)35-18-30(4)14-21(35)13-29(2,3)17-30/h5-12,15,21H,13-14,16-18H2,1-4H3. The summed E-state index contributed by atoms with van der Waals surface area (Å²) in [5.74, 6) is 1.36. The molecule has 0 spiro atoms. The molecule has 202 valence electrons. The van der Waals surface area contributed by atoms with Gasteiger partial charge in [-0.3, -0.25) is 9.36 Å². The molecule has 1 aliphatic carbocycles. The van der Waals surface area contributed by atoms with E-state index in [-0.39, 0.29) is 16.7 Å². The molecule has 4 aromatic rings. The molecule has 2 atom stereocenters. The van der Waals surface area contributed by atoms with Crippen LogP contribution in [0.2, 0.25) is 5.02 Å². The van der Waals surface area contributed by atoms with Gasteiger partial charge in [0.25, 0.3) is 5.91 Å². The van der Waals surface area contributed by atoms with Gasteiger partial charge in [0.05, 0.1) is 10.8 Å². The number of carbonyl (C=O) groups excluding carboxylic acids is 1. The van der Waals surface area contributed by atoms with Crippen LogP contribution in [0.15, 0.2) is 59.1 Å². The second kappa shape index (κ2) is 10.1. The van der Waals surface area contributed by atoms with Crippen molar-refractivity contribution in [2.45, 2.75) is 63.9 Å². The third-order valence-electron chi connectivity index (χ3n) is 7.81. The summed E-state index contributed by atoms with van der Waals surface area (Å²) in [7, 11) is 0. The molecule has 39 heavy (non-hydrogen) atoms. The highest BCUT2D eigenvalue weighted by Crippen LogP contribution is 2.52. The number of hydrogen-bond acceptors (Lipinski definition) is 6. The highest BCUT2D eigenvalue weighted by Gasteiger charge is 2.51. The lowest BCUT2D eigenvalue weighted by molar-refractivity contribution is 0.0703. The van der Waals surface area contributed by atoms with Gasteiger partial charge >= 0.3 is 0 Å². The number of aryl methyl sites for hydroxylation is 1. The SMILES string of the molecule is Cc1ccc(-n2c(SCc3nc(C(=O)N4CC5(C)CC4CC(C)(C)C5)cs3)nnc2-c2ccccc2Cl)cc1. The third kappa shape index (κ3) is 5.26. The van der Waals surface area contributed by atoms with E-state index in [1.165, 1.54) is 16.9 Å². The fourth-order valence-corrected chi connectivity index (χ4v) is 8.51. The lowest BCUT2D eigenvalue weighted by Crippen LogP contribution is -2.37. The highest BCUT2D eigenvalue weighted by molar-refractivity contribution is 7.98. The molecule has 9 heteroatoms. The molecule has 1 saturated carbocycles. The monoisotopic (exact) mass is 577 g/mol. The van der Waals surface area contributed by atoms with E-state index in [0.29, 0.717) is 28.3 Å². The zero-order valence-corrected chi connectivity index (χ0v) is 25.0. The van der Waals surface area contributed by atoms with Gasteiger partial charge in [-0.2, -0.15) is 0 Å². The predicted octanol–water partition coefficient (Wildman–Crippen LogP) is 7.69. The molecule has 3 heterocycles. The van der Waals surface area contributed by atoms with Crippen LogP contribution in [0.1, 0.15) is 61.1 Å². The summed E-state index contributed by atoms with van der Waals surface area (Å²) in [6.07, 6.45) is 3.32. The van der Waals surface area contributed by atoms with Crippen molar-refractivity contribution in [3.63, 3.8) is 0 Å². The molecule has 2 unspecified atom stereocenters. The zero-order valence-electron chi connectivity index (χ0n) is 22.6. The molecular formula is C30H32ClN5OS2. The van der Waals surface area contributed by atoms with Crippen LogP contribution in [0.5, 0.6) is 0 Å². The minimum atomic E-state index is 0.0674. The lowest BCUT2D eigenvalue weighted by Gasteiger charge is -2.39. The first-order valence-corrected chi connectivity index (χ1v) is 15.5. The van der Waals surface area contributed by atoms with E-state index in [2.05, 4.69) is 67.1 Å². The first kappa shape index (κ1) is 26.5. The number of halogens is 1. The Morgan fingerprint density at radius 3 is 2.64 bits per heavy atom. The molecule has 1 amide bonds. The minimum Gasteiger partial charge on any atom is -0.334 e. The van der Waals surface area contributed by atoms with E-state index < -0.39 is 0 Å². The average Bonchev–Trinajstić information content (AvgIpc) is 3.58. The molecule has 1 saturated heterocycles. The molecule has 1 aliphatic heterocycles. The maximum atomic E-state index is 13.5. The van der Waals surface area contributed by atoms with Gasteiger partial charge in [-0.1, -0.05) is 74.0 Å². The Morgan fingerprint density at radius 1 is 1.10 bits per heavy atom. The Hall–Kier alpha value is -2.68. The fraction of sp³-hybridized carbons (Fsp3) is 0.400. The number of aromatic nitrogens is 4. The number of nitrogens with zero attached hydrogens (tertiary/aromatic N) is 5. The number of thioether (sulfide) groups is 1. The molecule has 2 aliphatic rings. The smallest absolute Gasteiger partial charge is 0.273 e. The van der Waals surface area contributed by atoms with Gasteiger partial charge in [0, 0.05) is 29.2 Å². The summed E-state index contributed by atoms with van der Waals surface area (Å²) < 4.78 is 2.04. The Morgan fingerprint density at radius 2 is 1.87 bits per heavy atom. The van der Waals surface area contributed by atoms with Crippen LogP contribution in [-0.4, -0.2) is 43.1 Å². The van der Waals surface area contributed by atoms with E-state index in [9.17, 15) is 4.79 Å². The Balaban J connectivity index is 1.23. The number of likely N-dealkylation sites (tertiary alicyclic amines) is 1. The molecule has 2 aromatic carbocycles. The van der Waals surface area contributed by atoms with Gasteiger partial charge in [0.15, 0.2) is 11.0 Å². The third-order valence-corrected chi connectivity index (χ3v) is 10.1. The normalized spacial score (nSPS) is 21.9. The second-order valence-corrected chi connectivity index (χ2v) is 14.3. The Labute approximate surface area is 242 Å². The molecule has 6 nitrogen and oxygen atoms in total. The van der Waals surface area contributed by atoms with Gasteiger partial charge < -0.3 is 4.90 Å². The quantitative estimate of drug-likeness (QED) is 0.220. The van der Waals surface area contributed by atoms with Crippen LogP contribution >= 0.6 is 34.7 Å². The van der Waals surface area contributed by atoms with Crippen molar-refractivity contribution >= 4 is 40.6 Å². The van der Waals surface area contributed by atoms with Gasteiger partial charge in [0.2, 0.25) is 0 Å². The van der Waals surface area contributed by atoms with E-state index in [0.717, 1.165) is 47.2 Å². The van der Waals surface area contributed by atoms with Crippen LogP contribution in [0, 0.1) is 17.8 Å². The number of rotatable bonds is 6. The molecule has 6 rings (SSSR count). The number of hydrogen-bond donors (Lipinski definition) is 0. The van der Waals surface area contributed by atoms with E-state index in [1.54, 1.807) is 11.8 Å². The first-order valence-electron chi connectivity index (χ1n) is 13.3. The molecule has 0 radical (unpaired) electrons. The van der Waals surface area contributed by atoms with E-state index in [4.69, 9.17) is 16.6 Å². The topological polar surface area (TPSA) is 63.9 Å². The predicted molar refractivity (Wildman–Crippen MR) is 159 cm³/mol. The summed E-state index contributed by atoms with van der Waals surface area (Å²) in [6, 6.07) is 16.3. The maximum Gasteiger partial charge on any atom is 0.273 e. The number of amides is 1. The lowest BCUT2D eigenvalue weighted by atomic mass is 9.65. The molecule has 2 fully saturated rings. The number of fused-ring (bicyclic) bond motifs is 2. The highest BCUT2D eigenvalue weighted by atomic mass is 35.5. The van der Waals surface area contributed by atoms with Crippen LogP contribution < -0.4 is 0 Å². The van der Waals surface area contributed by atoms with Gasteiger partial charge in [-0.05, 0) is 61.3 Å². The van der Waals surface area contributed by atoms with Gasteiger partial charge in [-0.25, -0.2) is 4.98 Å². The van der Waals surface area contributed by atoms with Crippen molar-refractivity contribution in [1.29, 1.82) is 0 Å². The van der Waals surface area contributed by atoms with E-state index >= 15 is 0 Å². The van der Waals surface area contributed by atoms with E-state index in [1.807, 2.05) is 34.2 Å². The van der Waals surface area contributed by atoms with Crippen LogP contribution in [0.4, 0.5) is 0 Å². The van der Waals surface area contributed by atoms with Crippen LogP contribution in [-0.2, 0) is 5.75 Å². The summed E-state index contributed by atoms with van der Waals surface area (Å²) in [4.78, 5) is 20.4. The Kier molecular flexibility index (Phi) is 6.84. The largest absolute Gasteiger partial charge is 0.334 e. The van der Waals surface area contributed by atoms with Crippen molar-refractivity contribution in [3.8, 4) is 17.1 Å². The average molecular weight is 578 g/mol. The summed E-state index contributed by atoms with van der Waals surface area (Å²) in [5, 5.41) is 13.2. The maximum absolute atomic E-state index is 13.5. The number of thiazole rings is 1. The van der Waals surface area contributed by atoms with Crippen molar-refractivity contribution < 1.29 is 4.79 Å². The Bertz CT molecular complexity index is 1530. The van der Waals surface area contributed by atoms with Crippen LogP contribution in [0.25, 0.3) is 17.1 Å². The van der Waals surface area contributed by atoms with Crippen LogP contribution in [0.3, 0.4) is 0 Å². The van der Waals surface area contributed by atoms with Crippen molar-refractivity contribution in [1.82, 2.24) is 24.6 Å². The zero-order chi connectivity index (χ0) is 27.4. The van der Waals surface area contributed by atoms with Crippen molar-refractivity contribution in [2.24, 2.45) is 10.8 Å². The molecule has 2 aromatic heterocycles. The van der Waals surface area contributed by atoms with Gasteiger partial charge in [0.1, 0.15) is 10.7 Å². The second-order valence-electron chi connectivity index (χ2n) is 12.0. The summed E-state index contributed by atoms with van der Waals surface area (Å²) >= 11 is 9.63. The van der Waals surface area contributed by atoms with Crippen molar-refractivity contribution in [3.05, 3.63) is 75.2 Å². The fourth-order valence-electron chi connectivity index (χ4n) is 6.55. The number of benzene rings is 2. The molecule has 2 bridgehead atoms. The number of carbonyl (C=O) groups is 1. The van der Waals surface area contributed by atoms with Gasteiger partial charge in [-0.15, -0.1) is 21.5 Å². The first-order chi connectivity index (χ1) is 18.6. The minimum absolute atomic E-state index is 0.0674. The summed E-state index contributed by atoms with van der Waals surface area (Å²) in [5.41, 5.74) is 4.01. The molecule has 0 N–H and O–H groups in total.